The van der Waals surface area contributed by atoms with Crippen LogP contribution in [0, 0.1) is 5.92 Å². The monoisotopic (exact) mass is 389 g/mol. The fourth-order valence-electron chi connectivity index (χ4n) is 4.31. The van der Waals surface area contributed by atoms with Gasteiger partial charge in [0.2, 0.25) is 0 Å². The van der Waals surface area contributed by atoms with Gasteiger partial charge in [0, 0.05) is 30.4 Å². The van der Waals surface area contributed by atoms with Crippen molar-refractivity contribution in [2.75, 3.05) is 38.3 Å². The SMILES string of the molecule is COc1cc2c(c(N3CCOCC3)c1)C=CC(C)=C1C=C(C(C)C)C=CC(C)=C12. The second kappa shape index (κ2) is 8.08. The molecule has 0 N–H and O–H groups in total. The van der Waals surface area contributed by atoms with Gasteiger partial charge in [0.25, 0.3) is 0 Å². The van der Waals surface area contributed by atoms with Crippen molar-refractivity contribution in [1.82, 2.24) is 0 Å². The molecule has 29 heavy (non-hydrogen) atoms. The summed E-state index contributed by atoms with van der Waals surface area (Å²) in [5.74, 6) is 1.39. The van der Waals surface area contributed by atoms with Crippen LogP contribution in [0.5, 0.6) is 5.75 Å². The number of fused-ring (bicyclic) bond motifs is 3. The summed E-state index contributed by atoms with van der Waals surface area (Å²) in [6.07, 6.45) is 11.5. The third-order valence-corrected chi connectivity index (χ3v) is 6.08. The Morgan fingerprint density at radius 1 is 0.966 bits per heavy atom. The predicted molar refractivity (Wildman–Crippen MR) is 122 cm³/mol. The molecule has 1 fully saturated rings. The number of hydrogen-bond donors (Lipinski definition) is 0. The summed E-state index contributed by atoms with van der Waals surface area (Å²) in [5, 5.41) is 0. The normalized spacial score (nSPS) is 19.1. The maximum absolute atomic E-state index is 5.73. The van der Waals surface area contributed by atoms with E-state index in [1.807, 2.05) is 0 Å². The molecule has 152 valence electrons. The third-order valence-electron chi connectivity index (χ3n) is 6.08. The first-order valence-corrected chi connectivity index (χ1v) is 10.5. The van der Waals surface area contributed by atoms with Crippen molar-refractivity contribution < 1.29 is 9.47 Å². The smallest absolute Gasteiger partial charge is 0.121 e. The van der Waals surface area contributed by atoms with E-state index in [1.165, 1.54) is 44.7 Å². The largest absolute Gasteiger partial charge is 0.497 e. The quantitative estimate of drug-likeness (QED) is 0.652. The lowest BCUT2D eigenvalue weighted by molar-refractivity contribution is 0.122. The number of anilines is 1. The average molecular weight is 390 g/mol. The van der Waals surface area contributed by atoms with Crippen LogP contribution in [0.3, 0.4) is 0 Å². The molecule has 0 atom stereocenters. The number of morpholine rings is 1. The predicted octanol–water partition coefficient (Wildman–Crippen LogP) is 5.80. The van der Waals surface area contributed by atoms with E-state index in [-0.39, 0.29) is 0 Å². The highest BCUT2D eigenvalue weighted by Gasteiger charge is 2.24. The van der Waals surface area contributed by atoms with Crippen molar-refractivity contribution in [1.29, 1.82) is 0 Å². The molecule has 0 aromatic heterocycles. The fourth-order valence-corrected chi connectivity index (χ4v) is 4.31. The van der Waals surface area contributed by atoms with E-state index in [4.69, 9.17) is 9.47 Å². The molecular formula is C26H31NO2. The highest BCUT2D eigenvalue weighted by Crippen LogP contribution is 2.43. The molecule has 1 aromatic carbocycles. The maximum atomic E-state index is 5.73. The summed E-state index contributed by atoms with van der Waals surface area (Å²) in [6.45, 7) is 12.3. The molecule has 1 saturated heterocycles. The van der Waals surface area contributed by atoms with Gasteiger partial charge in [-0.25, -0.2) is 0 Å². The lowest BCUT2D eigenvalue weighted by atomic mass is 9.88. The van der Waals surface area contributed by atoms with E-state index in [0.717, 1.165) is 32.1 Å². The van der Waals surface area contributed by atoms with Crippen LogP contribution in [0.15, 0.2) is 58.7 Å². The highest BCUT2D eigenvalue weighted by molar-refractivity contribution is 5.96. The standard InChI is InChI=1S/C26H31NO2/c1-17(2)20-8-6-19(4)26-23(14-20)18(3)7-9-22-24(26)15-21(28-5)16-25(22)27-10-12-29-13-11-27/h6-9,14-17H,10-13H2,1-5H3. The fraction of sp³-hybridized carbons (Fsp3) is 0.385. The van der Waals surface area contributed by atoms with Gasteiger partial charge in [0.15, 0.2) is 0 Å². The molecule has 2 aliphatic carbocycles. The van der Waals surface area contributed by atoms with Crippen LogP contribution in [0.4, 0.5) is 5.69 Å². The molecule has 3 heteroatoms. The van der Waals surface area contributed by atoms with Gasteiger partial charge in [-0.2, -0.15) is 0 Å². The molecule has 0 unspecified atom stereocenters. The number of ether oxygens (including phenoxy) is 2. The molecule has 1 heterocycles. The van der Waals surface area contributed by atoms with Crippen molar-refractivity contribution in [3.8, 4) is 5.75 Å². The topological polar surface area (TPSA) is 21.7 Å². The van der Waals surface area contributed by atoms with Gasteiger partial charge >= 0.3 is 0 Å². The van der Waals surface area contributed by atoms with Crippen LogP contribution in [0.2, 0.25) is 0 Å². The van der Waals surface area contributed by atoms with E-state index in [2.05, 4.69) is 75.1 Å². The van der Waals surface area contributed by atoms with Crippen LogP contribution < -0.4 is 9.64 Å². The minimum atomic E-state index is 0.486. The Hall–Kier alpha value is -2.52. The molecule has 0 radical (unpaired) electrons. The molecule has 0 amide bonds. The summed E-state index contributed by atoms with van der Waals surface area (Å²) in [6, 6.07) is 4.37. The molecule has 1 aliphatic heterocycles. The van der Waals surface area contributed by atoms with Gasteiger partial charge in [-0.15, -0.1) is 0 Å². The highest BCUT2D eigenvalue weighted by atomic mass is 16.5. The Morgan fingerprint density at radius 3 is 2.38 bits per heavy atom. The number of rotatable bonds is 3. The zero-order valence-corrected chi connectivity index (χ0v) is 18.2. The lowest BCUT2D eigenvalue weighted by Gasteiger charge is -2.31. The Bertz CT molecular complexity index is 967. The minimum absolute atomic E-state index is 0.486. The van der Waals surface area contributed by atoms with Gasteiger partial charge in [0.1, 0.15) is 5.75 Å². The summed E-state index contributed by atoms with van der Waals surface area (Å²) in [4.78, 5) is 2.42. The van der Waals surface area contributed by atoms with Gasteiger partial charge < -0.3 is 14.4 Å². The molecule has 0 saturated carbocycles. The second-order valence-electron chi connectivity index (χ2n) is 8.33. The van der Waals surface area contributed by atoms with Crippen molar-refractivity contribution >= 4 is 17.3 Å². The third kappa shape index (κ3) is 3.72. The molecule has 4 rings (SSSR count). The van der Waals surface area contributed by atoms with Crippen molar-refractivity contribution in [2.24, 2.45) is 5.92 Å². The first-order chi connectivity index (χ1) is 14.0. The Labute approximate surface area is 174 Å². The van der Waals surface area contributed by atoms with Gasteiger partial charge in [-0.1, -0.05) is 44.2 Å². The Kier molecular flexibility index (Phi) is 5.51. The number of allylic oxidation sites excluding steroid dienone is 9. The van der Waals surface area contributed by atoms with E-state index in [0.29, 0.717) is 5.92 Å². The van der Waals surface area contributed by atoms with E-state index in [1.54, 1.807) is 7.11 Å². The van der Waals surface area contributed by atoms with Crippen LogP contribution in [0.1, 0.15) is 38.8 Å². The Balaban J connectivity index is 1.96. The summed E-state index contributed by atoms with van der Waals surface area (Å²) in [7, 11) is 1.75. The summed E-state index contributed by atoms with van der Waals surface area (Å²) >= 11 is 0. The van der Waals surface area contributed by atoms with E-state index in [9.17, 15) is 0 Å². The van der Waals surface area contributed by atoms with Gasteiger partial charge in [-0.05, 0) is 59.3 Å². The number of hydrogen-bond acceptors (Lipinski definition) is 3. The van der Waals surface area contributed by atoms with Crippen LogP contribution in [-0.4, -0.2) is 33.4 Å². The molecule has 0 spiro atoms. The van der Waals surface area contributed by atoms with Crippen LogP contribution in [0.25, 0.3) is 11.6 Å². The van der Waals surface area contributed by atoms with E-state index < -0.39 is 0 Å². The molecule has 1 aromatic rings. The van der Waals surface area contributed by atoms with Crippen molar-refractivity contribution in [3.05, 3.63) is 69.9 Å². The van der Waals surface area contributed by atoms with Crippen molar-refractivity contribution in [3.63, 3.8) is 0 Å². The summed E-state index contributed by atoms with van der Waals surface area (Å²) in [5.41, 5.74) is 10.3. The minimum Gasteiger partial charge on any atom is -0.497 e. The van der Waals surface area contributed by atoms with E-state index >= 15 is 0 Å². The van der Waals surface area contributed by atoms with Crippen LogP contribution >= 0.6 is 0 Å². The number of nitrogens with zero attached hydrogens (tertiary/aromatic N) is 1. The first kappa shape index (κ1) is 19.8. The maximum Gasteiger partial charge on any atom is 0.121 e. The number of benzene rings is 1. The molecule has 0 bridgehead atoms. The molecular weight excluding hydrogens is 358 g/mol. The van der Waals surface area contributed by atoms with Crippen LogP contribution in [-0.2, 0) is 4.74 Å². The van der Waals surface area contributed by atoms with Crippen molar-refractivity contribution in [2.45, 2.75) is 27.7 Å². The summed E-state index contributed by atoms with van der Waals surface area (Å²) < 4.78 is 11.3. The average Bonchev–Trinajstić information content (AvgIpc) is 2.99. The molecule has 3 nitrogen and oxygen atoms in total. The van der Waals surface area contributed by atoms with Gasteiger partial charge in [0.05, 0.1) is 20.3 Å². The Morgan fingerprint density at radius 2 is 1.69 bits per heavy atom. The molecule has 3 aliphatic rings. The zero-order valence-electron chi connectivity index (χ0n) is 18.2. The first-order valence-electron chi connectivity index (χ1n) is 10.5. The van der Waals surface area contributed by atoms with Gasteiger partial charge in [-0.3, -0.25) is 0 Å². The number of methoxy groups -OCH3 is 1. The lowest BCUT2D eigenvalue weighted by Crippen LogP contribution is -2.36. The zero-order chi connectivity index (χ0) is 20.5. The second-order valence-corrected chi connectivity index (χ2v) is 8.33.